The van der Waals surface area contributed by atoms with Crippen molar-refractivity contribution >= 4 is 0 Å². The molecule has 20 heavy (non-hydrogen) atoms. The van der Waals surface area contributed by atoms with Gasteiger partial charge in [0, 0.05) is 38.3 Å². The molecule has 2 fully saturated rings. The average molecular weight is 277 g/mol. The van der Waals surface area contributed by atoms with E-state index >= 15 is 0 Å². The van der Waals surface area contributed by atoms with Gasteiger partial charge in [0.2, 0.25) is 0 Å². The van der Waals surface area contributed by atoms with E-state index in [0.29, 0.717) is 12.6 Å². The molecule has 0 aliphatic carbocycles. The summed E-state index contributed by atoms with van der Waals surface area (Å²) in [4.78, 5) is 5.00. The molecule has 3 rings (SSSR count). The molecular weight excluding hydrogens is 253 g/mol. The van der Waals surface area contributed by atoms with Gasteiger partial charge in [-0.1, -0.05) is 6.07 Å². The molecule has 2 N–H and O–H groups in total. The van der Waals surface area contributed by atoms with Crippen molar-refractivity contribution in [2.75, 3.05) is 20.1 Å². The van der Waals surface area contributed by atoms with Crippen molar-refractivity contribution in [1.82, 2.24) is 9.80 Å². The van der Waals surface area contributed by atoms with Crippen molar-refractivity contribution in [1.29, 1.82) is 0 Å². The number of benzene rings is 1. The molecule has 3 nitrogen and oxygen atoms in total. The predicted octanol–water partition coefficient (Wildman–Crippen LogP) is 1.95. The van der Waals surface area contributed by atoms with Crippen molar-refractivity contribution < 1.29 is 4.39 Å². The Morgan fingerprint density at radius 1 is 1.20 bits per heavy atom. The number of halogens is 1. The molecule has 0 saturated carbocycles. The highest BCUT2D eigenvalue weighted by Crippen LogP contribution is 2.29. The van der Waals surface area contributed by atoms with Crippen LogP contribution < -0.4 is 5.73 Å². The quantitative estimate of drug-likeness (QED) is 0.916. The summed E-state index contributed by atoms with van der Waals surface area (Å²) in [5, 5.41) is 0. The predicted molar refractivity (Wildman–Crippen MR) is 78.8 cm³/mol. The van der Waals surface area contributed by atoms with Crippen LogP contribution in [0.3, 0.4) is 0 Å². The average Bonchev–Trinajstić information content (AvgIpc) is 2.67. The summed E-state index contributed by atoms with van der Waals surface area (Å²) in [6.07, 6.45) is 3.86. The number of fused-ring (bicyclic) bond motifs is 2. The minimum atomic E-state index is -0.161. The Morgan fingerprint density at radius 2 is 2.00 bits per heavy atom. The first-order valence-electron chi connectivity index (χ1n) is 7.59. The Balaban J connectivity index is 1.73. The second-order valence-corrected chi connectivity index (χ2v) is 6.19. The van der Waals surface area contributed by atoms with Crippen LogP contribution in [-0.4, -0.2) is 42.0 Å². The van der Waals surface area contributed by atoms with Gasteiger partial charge < -0.3 is 5.73 Å². The largest absolute Gasteiger partial charge is 0.326 e. The first-order chi connectivity index (χ1) is 9.67. The van der Waals surface area contributed by atoms with E-state index in [1.807, 2.05) is 6.07 Å². The molecule has 2 atom stereocenters. The van der Waals surface area contributed by atoms with E-state index in [2.05, 4.69) is 16.8 Å². The standard InChI is InChI=1S/C16H24FN3/c1-19-15-4-5-16(19)11-20(7-6-15)10-13-8-14(17)3-2-12(13)9-18/h2-3,8,15-16H,4-7,9-11,18H2,1H3. The SMILES string of the molecule is CN1C2CCC1CN(Cc1cc(F)ccc1CN)CC2. The maximum absolute atomic E-state index is 13.5. The van der Waals surface area contributed by atoms with Crippen molar-refractivity contribution in [2.45, 2.75) is 44.4 Å². The van der Waals surface area contributed by atoms with Gasteiger partial charge in [0.15, 0.2) is 0 Å². The zero-order valence-corrected chi connectivity index (χ0v) is 12.2. The zero-order valence-electron chi connectivity index (χ0n) is 12.2. The molecule has 0 amide bonds. The van der Waals surface area contributed by atoms with E-state index in [-0.39, 0.29) is 5.82 Å². The molecule has 0 spiro atoms. The van der Waals surface area contributed by atoms with Crippen molar-refractivity contribution in [3.05, 3.63) is 35.1 Å². The molecule has 2 bridgehead atoms. The lowest BCUT2D eigenvalue weighted by Gasteiger charge is -2.26. The topological polar surface area (TPSA) is 32.5 Å². The summed E-state index contributed by atoms with van der Waals surface area (Å²) >= 11 is 0. The molecule has 1 aromatic carbocycles. The number of rotatable bonds is 3. The number of hydrogen-bond donors (Lipinski definition) is 1. The first kappa shape index (κ1) is 14.0. The fourth-order valence-corrected chi connectivity index (χ4v) is 3.70. The molecule has 0 aromatic heterocycles. The van der Waals surface area contributed by atoms with Crippen LogP contribution in [-0.2, 0) is 13.1 Å². The van der Waals surface area contributed by atoms with Crippen LogP contribution in [0.25, 0.3) is 0 Å². The van der Waals surface area contributed by atoms with E-state index in [1.165, 1.54) is 25.3 Å². The number of nitrogens with two attached hydrogens (primary N) is 1. The van der Waals surface area contributed by atoms with E-state index < -0.39 is 0 Å². The van der Waals surface area contributed by atoms with Crippen LogP contribution in [0.15, 0.2) is 18.2 Å². The Kier molecular flexibility index (Phi) is 4.06. The third kappa shape index (κ3) is 2.73. The van der Waals surface area contributed by atoms with Gasteiger partial charge in [-0.3, -0.25) is 9.80 Å². The molecule has 4 heteroatoms. The van der Waals surface area contributed by atoms with E-state index in [1.54, 1.807) is 6.07 Å². The Hall–Kier alpha value is -0.970. The lowest BCUT2D eigenvalue weighted by Crippen LogP contribution is -2.36. The molecule has 2 saturated heterocycles. The smallest absolute Gasteiger partial charge is 0.123 e. The highest BCUT2D eigenvalue weighted by atomic mass is 19.1. The number of hydrogen-bond acceptors (Lipinski definition) is 3. The van der Waals surface area contributed by atoms with Crippen LogP contribution >= 0.6 is 0 Å². The summed E-state index contributed by atoms with van der Waals surface area (Å²) in [7, 11) is 2.25. The van der Waals surface area contributed by atoms with Crippen molar-refractivity contribution in [3.8, 4) is 0 Å². The maximum Gasteiger partial charge on any atom is 0.123 e. The Bertz CT molecular complexity index is 477. The van der Waals surface area contributed by atoms with Crippen molar-refractivity contribution in [3.63, 3.8) is 0 Å². The molecule has 110 valence electrons. The summed E-state index contributed by atoms with van der Waals surface area (Å²) < 4.78 is 13.5. The third-order valence-electron chi connectivity index (χ3n) is 5.01. The molecule has 2 aliphatic heterocycles. The van der Waals surface area contributed by atoms with E-state index in [9.17, 15) is 4.39 Å². The minimum absolute atomic E-state index is 0.161. The summed E-state index contributed by atoms with van der Waals surface area (Å²) in [6, 6.07) is 6.38. The molecule has 0 radical (unpaired) electrons. The normalized spacial score (nSPS) is 27.8. The zero-order chi connectivity index (χ0) is 14.1. The van der Waals surface area contributed by atoms with Gasteiger partial charge >= 0.3 is 0 Å². The maximum atomic E-state index is 13.5. The first-order valence-corrected chi connectivity index (χ1v) is 7.59. The number of nitrogens with zero attached hydrogens (tertiary/aromatic N) is 2. The lowest BCUT2D eigenvalue weighted by molar-refractivity contribution is 0.214. The second-order valence-electron chi connectivity index (χ2n) is 6.19. The van der Waals surface area contributed by atoms with Crippen LogP contribution in [0.1, 0.15) is 30.4 Å². The monoisotopic (exact) mass is 277 g/mol. The van der Waals surface area contributed by atoms with Gasteiger partial charge in [0.25, 0.3) is 0 Å². The third-order valence-corrected chi connectivity index (χ3v) is 5.01. The highest BCUT2D eigenvalue weighted by molar-refractivity contribution is 5.27. The van der Waals surface area contributed by atoms with Crippen molar-refractivity contribution in [2.24, 2.45) is 5.73 Å². The highest BCUT2D eigenvalue weighted by Gasteiger charge is 2.34. The van der Waals surface area contributed by atoms with E-state index in [0.717, 1.165) is 36.8 Å². The molecule has 1 aromatic rings. The van der Waals surface area contributed by atoms with Crippen LogP contribution in [0.5, 0.6) is 0 Å². The second kappa shape index (κ2) is 5.80. The lowest BCUT2D eigenvalue weighted by atomic mass is 10.0. The number of likely N-dealkylation sites (N-methyl/N-ethyl adjacent to an activating group) is 1. The van der Waals surface area contributed by atoms with Gasteiger partial charge in [0.1, 0.15) is 5.82 Å². The summed E-state index contributed by atoms with van der Waals surface area (Å²) in [5.41, 5.74) is 7.88. The minimum Gasteiger partial charge on any atom is -0.326 e. The van der Waals surface area contributed by atoms with Gasteiger partial charge in [-0.05, 0) is 49.6 Å². The molecular formula is C16H24FN3. The van der Waals surface area contributed by atoms with Gasteiger partial charge in [0.05, 0.1) is 0 Å². The molecule has 2 heterocycles. The summed E-state index contributed by atoms with van der Waals surface area (Å²) in [6.45, 7) is 3.50. The summed E-state index contributed by atoms with van der Waals surface area (Å²) in [5.74, 6) is -0.161. The van der Waals surface area contributed by atoms with Gasteiger partial charge in [-0.15, -0.1) is 0 Å². The fraction of sp³-hybridized carbons (Fsp3) is 0.625. The van der Waals surface area contributed by atoms with Crippen LogP contribution in [0.4, 0.5) is 4.39 Å². The van der Waals surface area contributed by atoms with Gasteiger partial charge in [-0.2, -0.15) is 0 Å². The van der Waals surface area contributed by atoms with Gasteiger partial charge in [-0.25, -0.2) is 4.39 Å². The fourth-order valence-electron chi connectivity index (χ4n) is 3.70. The van der Waals surface area contributed by atoms with Crippen LogP contribution in [0, 0.1) is 5.82 Å². The van der Waals surface area contributed by atoms with E-state index in [4.69, 9.17) is 5.73 Å². The van der Waals surface area contributed by atoms with Crippen LogP contribution in [0.2, 0.25) is 0 Å². The number of likely N-dealkylation sites (tertiary alicyclic amines) is 1. The Labute approximate surface area is 120 Å². The molecule has 2 aliphatic rings. The molecule has 2 unspecified atom stereocenters. The Morgan fingerprint density at radius 3 is 2.80 bits per heavy atom.